The van der Waals surface area contributed by atoms with Crippen molar-refractivity contribution in [2.75, 3.05) is 32.8 Å². The van der Waals surface area contributed by atoms with Crippen LogP contribution in [0.15, 0.2) is 17.3 Å². The number of aromatic nitrogens is 3. The first kappa shape index (κ1) is 24.4. The smallest absolute Gasteiger partial charge is 0.395 e. The van der Waals surface area contributed by atoms with Gasteiger partial charge in [-0.3, -0.25) is 9.32 Å². The number of aliphatic hydroxyl groups excluding tert-OH is 1. The Morgan fingerprint density at radius 3 is 2.39 bits per heavy atom. The molecule has 0 aliphatic carbocycles. The molecular formula is C16H30N5O6P. The van der Waals surface area contributed by atoms with E-state index in [0.29, 0.717) is 16.6 Å². The molecule has 0 amide bonds. The van der Waals surface area contributed by atoms with Crippen LogP contribution in [0, 0.1) is 0 Å². The Kier molecular flexibility index (Phi) is 10.5. The Morgan fingerprint density at radius 1 is 1.25 bits per heavy atom. The molecule has 0 aliphatic rings. The van der Waals surface area contributed by atoms with Crippen molar-refractivity contribution < 1.29 is 24.0 Å². The number of nitrogens with zero attached hydrogens (tertiary/aromatic N) is 2. The molecule has 0 saturated heterocycles. The third-order valence-corrected chi connectivity index (χ3v) is 4.62. The SMILES string of the molecule is CCN(CC)CC.O=c1[nH]cnc2c(CN[C@H](CO)COP(=O)(O)O)c[nH]c12. The summed E-state index contributed by atoms with van der Waals surface area (Å²) in [6, 6.07) is -0.662. The molecule has 2 rings (SSSR count). The first-order valence-corrected chi connectivity index (χ1v) is 10.6. The second-order valence-corrected chi connectivity index (χ2v) is 7.17. The van der Waals surface area contributed by atoms with Gasteiger partial charge in [-0.1, -0.05) is 20.8 Å². The number of phosphoric acid groups is 1. The van der Waals surface area contributed by atoms with E-state index in [1.165, 1.54) is 26.0 Å². The standard InChI is InChI=1S/C10H15N4O6P.C6H15N/c15-3-7(4-20-21(17,18)19)11-1-6-2-12-9-8(6)13-5-14-10(9)16;1-4-7(5-2)6-3/h2,5,7,11-12,15H,1,3-4H2,(H,13,14,16)(H2,17,18,19);4-6H2,1-3H3/t7-;/m1./s1. The van der Waals surface area contributed by atoms with Gasteiger partial charge in [-0.15, -0.1) is 0 Å². The predicted molar refractivity (Wildman–Crippen MR) is 106 cm³/mol. The van der Waals surface area contributed by atoms with Crippen molar-refractivity contribution in [3.8, 4) is 0 Å². The maximum absolute atomic E-state index is 11.5. The van der Waals surface area contributed by atoms with Gasteiger partial charge in [-0.2, -0.15) is 0 Å². The number of rotatable bonds is 10. The van der Waals surface area contributed by atoms with Crippen molar-refractivity contribution in [3.05, 3.63) is 28.4 Å². The van der Waals surface area contributed by atoms with Crippen LogP contribution in [0.1, 0.15) is 26.3 Å². The maximum Gasteiger partial charge on any atom is 0.469 e. The third-order valence-electron chi connectivity index (χ3n) is 4.14. The lowest BCUT2D eigenvalue weighted by Gasteiger charge is -2.16. The molecule has 0 saturated carbocycles. The van der Waals surface area contributed by atoms with Crippen molar-refractivity contribution in [2.45, 2.75) is 33.4 Å². The summed E-state index contributed by atoms with van der Waals surface area (Å²) < 4.78 is 14.9. The molecule has 2 heterocycles. The molecule has 0 spiro atoms. The van der Waals surface area contributed by atoms with Crippen LogP contribution in [0.25, 0.3) is 11.0 Å². The molecule has 0 fully saturated rings. The van der Waals surface area contributed by atoms with Gasteiger partial charge < -0.3 is 35.1 Å². The van der Waals surface area contributed by atoms with E-state index in [-0.39, 0.29) is 25.3 Å². The van der Waals surface area contributed by atoms with Gasteiger partial charge in [0.1, 0.15) is 5.52 Å². The minimum atomic E-state index is -4.58. The topological polar surface area (TPSA) is 164 Å². The number of phosphoric ester groups is 1. The van der Waals surface area contributed by atoms with E-state index in [1.807, 2.05) is 0 Å². The molecule has 2 aromatic heterocycles. The molecule has 28 heavy (non-hydrogen) atoms. The largest absolute Gasteiger partial charge is 0.469 e. The predicted octanol–water partition coefficient (Wildman–Crippen LogP) is 0.159. The lowest BCUT2D eigenvalue weighted by molar-refractivity contribution is 0.145. The van der Waals surface area contributed by atoms with E-state index < -0.39 is 13.9 Å². The highest BCUT2D eigenvalue weighted by molar-refractivity contribution is 7.46. The van der Waals surface area contributed by atoms with Gasteiger partial charge in [-0.05, 0) is 19.6 Å². The second-order valence-electron chi connectivity index (χ2n) is 5.94. The summed E-state index contributed by atoms with van der Waals surface area (Å²) in [5, 5.41) is 12.0. The lowest BCUT2D eigenvalue weighted by atomic mass is 10.2. The number of hydrogen-bond acceptors (Lipinski definition) is 7. The minimum absolute atomic E-state index is 0.242. The van der Waals surface area contributed by atoms with Crippen molar-refractivity contribution in [1.29, 1.82) is 0 Å². The quantitative estimate of drug-likeness (QED) is 0.294. The average Bonchev–Trinajstić information content (AvgIpc) is 3.08. The summed E-state index contributed by atoms with van der Waals surface area (Å²) in [6.45, 7) is 9.65. The highest BCUT2D eigenvalue weighted by Crippen LogP contribution is 2.35. The van der Waals surface area contributed by atoms with Crippen molar-refractivity contribution in [3.63, 3.8) is 0 Å². The molecule has 0 bridgehead atoms. The van der Waals surface area contributed by atoms with Crippen LogP contribution in [-0.4, -0.2) is 73.6 Å². The van der Waals surface area contributed by atoms with E-state index in [0.717, 1.165) is 0 Å². The zero-order chi connectivity index (χ0) is 21.2. The van der Waals surface area contributed by atoms with E-state index in [9.17, 15) is 9.36 Å². The van der Waals surface area contributed by atoms with Crippen LogP contribution >= 0.6 is 7.82 Å². The monoisotopic (exact) mass is 419 g/mol. The highest BCUT2D eigenvalue weighted by atomic mass is 31.2. The van der Waals surface area contributed by atoms with Crippen LogP contribution < -0.4 is 10.9 Å². The molecule has 0 aliphatic heterocycles. The molecule has 6 N–H and O–H groups in total. The van der Waals surface area contributed by atoms with Crippen LogP contribution in [0.3, 0.4) is 0 Å². The van der Waals surface area contributed by atoms with Crippen molar-refractivity contribution >= 4 is 18.9 Å². The number of nitrogens with one attached hydrogen (secondary N) is 3. The molecule has 0 radical (unpaired) electrons. The Morgan fingerprint density at radius 2 is 1.89 bits per heavy atom. The molecule has 1 atom stereocenters. The molecule has 11 nitrogen and oxygen atoms in total. The summed E-state index contributed by atoms with van der Waals surface area (Å²) in [4.78, 5) is 40.4. The fraction of sp³-hybridized carbons (Fsp3) is 0.625. The zero-order valence-electron chi connectivity index (χ0n) is 16.4. The third kappa shape index (κ3) is 8.19. The highest BCUT2D eigenvalue weighted by Gasteiger charge is 2.18. The van der Waals surface area contributed by atoms with Crippen molar-refractivity contribution in [2.24, 2.45) is 0 Å². The minimum Gasteiger partial charge on any atom is -0.395 e. The van der Waals surface area contributed by atoms with Crippen LogP contribution in [-0.2, 0) is 15.6 Å². The maximum atomic E-state index is 11.5. The van der Waals surface area contributed by atoms with E-state index in [2.05, 4.69) is 50.5 Å². The summed E-state index contributed by atoms with van der Waals surface area (Å²) in [6.07, 6.45) is 2.88. The Labute approximate surface area is 163 Å². The Hall–Kier alpha value is -1.59. The molecule has 12 heteroatoms. The summed E-state index contributed by atoms with van der Waals surface area (Å²) in [5.74, 6) is 0. The fourth-order valence-electron chi connectivity index (χ4n) is 2.43. The van der Waals surface area contributed by atoms with Crippen molar-refractivity contribution in [1.82, 2.24) is 25.2 Å². The number of aromatic amines is 2. The first-order chi connectivity index (χ1) is 13.3. The lowest BCUT2D eigenvalue weighted by Crippen LogP contribution is -2.36. The number of aliphatic hydroxyl groups is 1. The van der Waals surface area contributed by atoms with Crippen LogP contribution in [0.4, 0.5) is 0 Å². The van der Waals surface area contributed by atoms with Crippen LogP contribution in [0.5, 0.6) is 0 Å². The van der Waals surface area contributed by atoms with Gasteiger partial charge in [0.05, 0.1) is 31.1 Å². The number of H-pyrrole nitrogens is 2. The van der Waals surface area contributed by atoms with Gasteiger partial charge in [0.25, 0.3) is 5.56 Å². The summed E-state index contributed by atoms with van der Waals surface area (Å²) in [7, 11) is -4.58. The Bertz CT molecular complexity index is 795. The van der Waals surface area contributed by atoms with E-state index in [4.69, 9.17) is 14.9 Å². The van der Waals surface area contributed by atoms with Crippen LogP contribution in [0.2, 0.25) is 0 Å². The fourth-order valence-corrected chi connectivity index (χ4v) is 2.80. The van der Waals surface area contributed by atoms with Gasteiger partial charge in [0.15, 0.2) is 0 Å². The summed E-state index contributed by atoms with van der Waals surface area (Å²) in [5.41, 5.74) is 1.21. The first-order valence-electron chi connectivity index (χ1n) is 9.05. The summed E-state index contributed by atoms with van der Waals surface area (Å²) >= 11 is 0. The van der Waals surface area contributed by atoms with Gasteiger partial charge >= 0.3 is 7.82 Å². The van der Waals surface area contributed by atoms with E-state index >= 15 is 0 Å². The zero-order valence-corrected chi connectivity index (χ0v) is 17.3. The molecule has 0 unspecified atom stereocenters. The molecular weight excluding hydrogens is 389 g/mol. The number of fused-ring (bicyclic) bond motifs is 1. The average molecular weight is 419 g/mol. The second kappa shape index (κ2) is 12.1. The van der Waals surface area contributed by atoms with Gasteiger partial charge in [0, 0.05) is 18.3 Å². The number of hydrogen-bond donors (Lipinski definition) is 6. The van der Waals surface area contributed by atoms with E-state index in [1.54, 1.807) is 6.20 Å². The normalized spacial score (nSPS) is 12.8. The van der Waals surface area contributed by atoms with Gasteiger partial charge in [-0.25, -0.2) is 9.55 Å². The molecule has 160 valence electrons. The molecule has 2 aromatic rings. The molecule has 0 aromatic carbocycles. The Balaban J connectivity index is 0.000000480. The van der Waals surface area contributed by atoms with Gasteiger partial charge in [0.2, 0.25) is 0 Å².